The van der Waals surface area contributed by atoms with Crippen LogP contribution in [0.1, 0.15) is 16.8 Å². The van der Waals surface area contributed by atoms with Gasteiger partial charge < -0.3 is 0 Å². The molecule has 1 aromatic carbocycles. The van der Waals surface area contributed by atoms with E-state index < -0.39 is 0 Å². The molecule has 0 spiro atoms. The summed E-state index contributed by atoms with van der Waals surface area (Å²) in [6.07, 6.45) is 0.335. The second-order valence-electron chi connectivity index (χ2n) is 4.61. The van der Waals surface area contributed by atoms with Gasteiger partial charge in [-0.3, -0.25) is 0 Å². The first-order chi connectivity index (χ1) is 9.95. The van der Waals surface area contributed by atoms with Crippen LogP contribution < -0.4 is 0 Å². The standard InChI is InChI=1S/C14H9Cl3FN3/c1-7-10(4-8-2-3-9(15)5-11(8)18)14-19-12(16)6-13(17)21(14)20-7/h2-3,5-6H,4H2,1H3. The highest BCUT2D eigenvalue weighted by molar-refractivity contribution is 6.33. The summed E-state index contributed by atoms with van der Waals surface area (Å²) in [6, 6.07) is 6.08. The first-order valence-corrected chi connectivity index (χ1v) is 7.23. The molecule has 0 aliphatic carbocycles. The highest BCUT2D eigenvalue weighted by Crippen LogP contribution is 2.25. The van der Waals surface area contributed by atoms with Gasteiger partial charge in [0.2, 0.25) is 0 Å². The van der Waals surface area contributed by atoms with Gasteiger partial charge in [-0.2, -0.15) is 5.10 Å². The fourth-order valence-corrected chi connectivity index (χ4v) is 2.79. The number of hydrogen-bond donors (Lipinski definition) is 0. The third kappa shape index (κ3) is 2.71. The van der Waals surface area contributed by atoms with Crippen molar-refractivity contribution < 1.29 is 4.39 Å². The van der Waals surface area contributed by atoms with Crippen LogP contribution in [0, 0.1) is 12.7 Å². The smallest absolute Gasteiger partial charge is 0.162 e. The lowest BCUT2D eigenvalue weighted by Crippen LogP contribution is -1.96. The Kier molecular flexibility index (Phi) is 3.78. The second kappa shape index (κ2) is 5.44. The number of aryl methyl sites for hydroxylation is 1. The van der Waals surface area contributed by atoms with Crippen LogP contribution in [0.15, 0.2) is 24.3 Å². The molecule has 7 heteroatoms. The van der Waals surface area contributed by atoms with E-state index in [0.717, 1.165) is 11.3 Å². The molecule has 0 amide bonds. The van der Waals surface area contributed by atoms with E-state index in [0.29, 0.717) is 27.8 Å². The summed E-state index contributed by atoms with van der Waals surface area (Å²) in [5.41, 5.74) is 2.54. The maximum Gasteiger partial charge on any atom is 0.162 e. The summed E-state index contributed by atoms with van der Waals surface area (Å²) in [7, 11) is 0. The Morgan fingerprint density at radius 3 is 2.67 bits per heavy atom. The predicted octanol–water partition coefficient (Wildman–Crippen LogP) is 4.73. The molecule has 0 saturated heterocycles. The van der Waals surface area contributed by atoms with Gasteiger partial charge in [-0.15, -0.1) is 0 Å². The third-order valence-electron chi connectivity index (χ3n) is 3.19. The van der Waals surface area contributed by atoms with Crippen LogP contribution in [0.25, 0.3) is 5.65 Å². The lowest BCUT2D eigenvalue weighted by Gasteiger charge is -2.04. The van der Waals surface area contributed by atoms with Crippen molar-refractivity contribution in [2.75, 3.05) is 0 Å². The molecular formula is C14H9Cl3FN3. The van der Waals surface area contributed by atoms with E-state index in [4.69, 9.17) is 34.8 Å². The van der Waals surface area contributed by atoms with E-state index >= 15 is 0 Å². The molecule has 0 saturated carbocycles. The van der Waals surface area contributed by atoms with Gasteiger partial charge in [0.1, 0.15) is 16.1 Å². The van der Waals surface area contributed by atoms with Crippen LogP contribution in [0.3, 0.4) is 0 Å². The van der Waals surface area contributed by atoms with E-state index in [-0.39, 0.29) is 11.0 Å². The number of rotatable bonds is 2. The van der Waals surface area contributed by atoms with E-state index in [1.54, 1.807) is 12.1 Å². The van der Waals surface area contributed by atoms with Crippen LogP contribution in [0.2, 0.25) is 15.3 Å². The molecule has 3 nitrogen and oxygen atoms in total. The normalized spacial score (nSPS) is 11.3. The average molecular weight is 345 g/mol. The number of benzene rings is 1. The van der Waals surface area contributed by atoms with Crippen LogP contribution in [-0.2, 0) is 6.42 Å². The summed E-state index contributed by atoms with van der Waals surface area (Å²) < 4.78 is 15.4. The first kappa shape index (κ1) is 14.6. The van der Waals surface area contributed by atoms with Gasteiger partial charge in [-0.1, -0.05) is 40.9 Å². The second-order valence-corrected chi connectivity index (χ2v) is 5.82. The lowest BCUT2D eigenvalue weighted by molar-refractivity contribution is 0.614. The Labute approximate surface area is 135 Å². The van der Waals surface area contributed by atoms with Crippen molar-refractivity contribution in [2.24, 2.45) is 0 Å². The molecule has 3 rings (SSSR count). The summed E-state index contributed by atoms with van der Waals surface area (Å²) in [4.78, 5) is 4.23. The number of aromatic nitrogens is 3. The van der Waals surface area contributed by atoms with E-state index in [1.807, 2.05) is 6.92 Å². The summed E-state index contributed by atoms with van der Waals surface area (Å²) in [5, 5.41) is 5.30. The molecule has 2 heterocycles. The zero-order valence-electron chi connectivity index (χ0n) is 10.9. The topological polar surface area (TPSA) is 30.2 Å². The largest absolute Gasteiger partial charge is 0.216 e. The van der Waals surface area contributed by atoms with E-state index in [9.17, 15) is 4.39 Å². The molecular weight excluding hydrogens is 336 g/mol. The number of halogens is 4. The Balaban J connectivity index is 2.14. The number of fused-ring (bicyclic) bond motifs is 1. The fourth-order valence-electron chi connectivity index (χ4n) is 2.17. The lowest BCUT2D eigenvalue weighted by atomic mass is 10.0. The molecule has 2 aromatic heterocycles. The molecule has 0 atom stereocenters. The van der Waals surface area contributed by atoms with Gasteiger partial charge >= 0.3 is 0 Å². The maximum atomic E-state index is 13.9. The summed E-state index contributed by atoms with van der Waals surface area (Å²) in [6.45, 7) is 1.82. The SMILES string of the molecule is Cc1nn2c(Cl)cc(Cl)nc2c1Cc1ccc(Cl)cc1F. The third-order valence-corrected chi connectivity index (χ3v) is 3.89. The van der Waals surface area contributed by atoms with Gasteiger partial charge in [0, 0.05) is 23.1 Å². The van der Waals surface area contributed by atoms with Gasteiger partial charge in [-0.25, -0.2) is 13.9 Å². The average Bonchev–Trinajstić information content (AvgIpc) is 2.70. The molecule has 3 aromatic rings. The van der Waals surface area contributed by atoms with Crippen molar-refractivity contribution in [3.05, 3.63) is 62.2 Å². The van der Waals surface area contributed by atoms with Crippen LogP contribution in [0.4, 0.5) is 4.39 Å². The zero-order chi connectivity index (χ0) is 15.1. The minimum atomic E-state index is -0.366. The van der Waals surface area contributed by atoms with Crippen molar-refractivity contribution in [1.82, 2.24) is 14.6 Å². The Hall–Kier alpha value is -1.36. The quantitative estimate of drug-likeness (QED) is 0.629. The predicted molar refractivity (Wildman–Crippen MR) is 82.0 cm³/mol. The molecule has 0 unspecified atom stereocenters. The van der Waals surface area contributed by atoms with Crippen molar-refractivity contribution in [3.8, 4) is 0 Å². The van der Waals surface area contributed by atoms with Gasteiger partial charge in [0.05, 0.1) is 5.69 Å². The highest BCUT2D eigenvalue weighted by atomic mass is 35.5. The number of hydrogen-bond acceptors (Lipinski definition) is 2. The molecule has 0 fully saturated rings. The summed E-state index contributed by atoms with van der Waals surface area (Å²) in [5.74, 6) is -0.366. The number of nitrogens with zero attached hydrogens (tertiary/aromatic N) is 3. The van der Waals surface area contributed by atoms with Crippen molar-refractivity contribution >= 4 is 40.4 Å². The van der Waals surface area contributed by atoms with Crippen LogP contribution >= 0.6 is 34.8 Å². The minimum Gasteiger partial charge on any atom is -0.216 e. The van der Waals surface area contributed by atoms with Gasteiger partial charge in [0.15, 0.2) is 5.65 Å². The fraction of sp³-hybridized carbons (Fsp3) is 0.143. The van der Waals surface area contributed by atoms with E-state index in [1.165, 1.54) is 16.6 Å². The molecule has 0 aliphatic heterocycles. The molecule has 21 heavy (non-hydrogen) atoms. The molecule has 108 valence electrons. The van der Waals surface area contributed by atoms with E-state index in [2.05, 4.69) is 10.1 Å². The molecule has 0 aliphatic rings. The Bertz CT molecular complexity index is 845. The Morgan fingerprint density at radius 1 is 1.19 bits per heavy atom. The maximum absolute atomic E-state index is 13.9. The van der Waals surface area contributed by atoms with Crippen molar-refractivity contribution in [2.45, 2.75) is 13.3 Å². The zero-order valence-corrected chi connectivity index (χ0v) is 13.1. The van der Waals surface area contributed by atoms with Gasteiger partial charge in [-0.05, 0) is 24.6 Å². The van der Waals surface area contributed by atoms with Gasteiger partial charge in [0.25, 0.3) is 0 Å². The molecule has 0 radical (unpaired) electrons. The first-order valence-electron chi connectivity index (χ1n) is 6.10. The minimum absolute atomic E-state index is 0.269. The highest BCUT2D eigenvalue weighted by Gasteiger charge is 2.16. The van der Waals surface area contributed by atoms with Crippen LogP contribution in [-0.4, -0.2) is 14.6 Å². The summed E-state index contributed by atoms with van der Waals surface area (Å²) >= 11 is 17.8. The molecule has 0 bridgehead atoms. The van der Waals surface area contributed by atoms with Crippen molar-refractivity contribution in [3.63, 3.8) is 0 Å². The Morgan fingerprint density at radius 2 is 1.95 bits per heavy atom. The van der Waals surface area contributed by atoms with Crippen molar-refractivity contribution in [1.29, 1.82) is 0 Å². The van der Waals surface area contributed by atoms with Crippen LogP contribution in [0.5, 0.6) is 0 Å². The molecule has 0 N–H and O–H groups in total. The monoisotopic (exact) mass is 343 g/mol.